The number of anilines is 1. The first-order valence-electron chi connectivity index (χ1n) is 8.47. The van der Waals surface area contributed by atoms with E-state index in [2.05, 4.69) is 16.0 Å². The van der Waals surface area contributed by atoms with Crippen molar-refractivity contribution in [1.29, 1.82) is 0 Å². The van der Waals surface area contributed by atoms with E-state index in [-0.39, 0.29) is 24.2 Å². The maximum Gasteiger partial charge on any atom is 0.255 e. The molecule has 3 N–H and O–H groups in total. The minimum Gasteiger partial charge on any atom is -0.352 e. The maximum atomic E-state index is 12.3. The van der Waals surface area contributed by atoms with Gasteiger partial charge in [0.05, 0.1) is 0 Å². The van der Waals surface area contributed by atoms with Crippen molar-refractivity contribution in [3.8, 4) is 0 Å². The molecule has 0 spiro atoms. The number of hydrogen-bond acceptors (Lipinski definition) is 3. The molecular weight excluding hydrogens is 350 g/mol. The fraction of sp³-hybridized carbons (Fsp3) is 0.300. The molecule has 6 heteroatoms. The van der Waals surface area contributed by atoms with Gasteiger partial charge in [0.25, 0.3) is 5.91 Å². The Morgan fingerprint density at radius 3 is 2.46 bits per heavy atom. The predicted octanol–water partition coefficient (Wildman–Crippen LogP) is 3.28. The van der Waals surface area contributed by atoms with Crippen LogP contribution in [0, 0.1) is 6.92 Å². The molecule has 0 atom stereocenters. The van der Waals surface area contributed by atoms with Crippen molar-refractivity contribution in [2.75, 3.05) is 18.9 Å². The van der Waals surface area contributed by atoms with Crippen molar-refractivity contribution < 1.29 is 9.59 Å². The molecule has 0 saturated carbocycles. The Bertz CT molecular complexity index is 717. The second-order valence-electron chi connectivity index (χ2n) is 6.00. The molecule has 0 aliphatic rings. The Labute approximate surface area is 161 Å². The summed E-state index contributed by atoms with van der Waals surface area (Å²) < 4.78 is 0. The molecule has 5 nitrogen and oxygen atoms in total. The minimum atomic E-state index is -0.145. The van der Waals surface area contributed by atoms with Gasteiger partial charge in [0, 0.05) is 24.2 Å². The summed E-state index contributed by atoms with van der Waals surface area (Å²) >= 11 is 0. The molecule has 0 saturated heterocycles. The van der Waals surface area contributed by atoms with Gasteiger partial charge >= 0.3 is 0 Å². The highest BCUT2D eigenvalue weighted by Gasteiger charge is 2.06. The van der Waals surface area contributed by atoms with Gasteiger partial charge in [-0.25, -0.2) is 0 Å². The Hall–Kier alpha value is -2.37. The third kappa shape index (κ3) is 7.25. The fourth-order valence-electron chi connectivity index (χ4n) is 2.38. The number of halogens is 1. The molecule has 0 fully saturated rings. The van der Waals surface area contributed by atoms with Crippen LogP contribution in [0.2, 0.25) is 0 Å². The topological polar surface area (TPSA) is 70.2 Å². The molecule has 2 amide bonds. The van der Waals surface area contributed by atoms with Crippen LogP contribution in [0.25, 0.3) is 0 Å². The molecular formula is C20H26ClN3O2. The van der Waals surface area contributed by atoms with E-state index in [1.807, 2.05) is 50.4 Å². The number of carbonyl (C=O) groups is 2. The van der Waals surface area contributed by atoms with Gasteiger partial charge in [0.15, 0.2) is 0 Å². The molecule has 0 aliphatic carbocycles. The van der Waals surface area contributed by atoms with Crippen LogP contribution < -0.4 is 16.0 Å². The maximum absolute atomic E-state index is 12.3. The van der Waals surface area contributed by atoms with Crippen LogP contribution in [-0.2, 0) is 11.3 Å². The summed E-state index contributed by atoms with van der Waals surface area (Å²) in [6.07, 6.45) is 1.32. The molecule has 0 aliphatic heterocycles. The van der Waals surface area contributed by atoms with E-state index in [0.717, 1.165) is 24.1 Å². The van der Waals surface area contributed by atoms with Gasteiger partial charge in [-0.15, -0.1) is 12.4 Å². The van der Waals surface area contributed by atoms with E-state index in [4.69, 9.17) is 0 Å². The molecule has 26 heavy (non-hydrogen) atoms. The molecule has 2 aromatic rings. The molecule has 0 bridgehead atoms. The van der Waals surface area contributed by atoms with Gasteiger partial charge in [-0.1, -0.05) is 29.8 Å². The van der Waals surface area contributed by atoms with E-state index in [1.165, 1.54) is 0 Å². The third-order valence-electron chi connectivity index (χ3n) is 3.82. The number of rotatable bonds is 8. The normalized spacial score (nSPS) is 9.92. The zero-order chi connectivity index (χ0) is 18.1. The van der Waals surface area contributed by atoms with Gasteiger partial charge in [0.2, 0.25) is 5.91 Å². The quantitative estimate of drug-likeness (QED) is 0.620. The van der Waals surface area contributed by atoms with Crippen molar-refractivity contribution in [2.45, 2.75) is 26.3 Å². The van der Waals surface area contributed by atoms with Crippen LogP contribution in [0.3, 0.4) is 0 Å². The van der Waals surface area contributed by atoms with Crippen LogP contribution in [0.4, 0.5) is 5.69 Å². The molecule has 0 unspecified atom stereocenters. The van der Waals surface area contributed by atoms with E-state index in [1.54, 1.807) is 12.1 Å². The lowest BCUT2D eigenvalue weighted by Gasteiger charge is -2.09. The van der Waals surface area contributed by atoms with Crippen LogP contribution >= 0.6 is 12.4 Å². The summed E-state index contributed by atoms with van der Waals surface area (Å²) in [6, 6.07) is 14.9. The predicted molar refractivity (Wildman–Crippen MR) is 108 cm³/mol. The zero-order valence-electron chi connectivity index (χ0n) is 15.2. The van der Waals surface area contributed by atoms with Gasteiger partial charge in [-0.2, -0.15) is 0 Å². The highest BCUT2D eigenvalue weighted by Crippen LogP contribution is 2.13. The van der Waals surface area contributed by atoms with E-state index < -0.39 is 0 Å². The van der Waals surface area contributed by atoms with Crippen LogP contribution in [0.15, 0.2) is 48.5 Å². The van der Waals surface area contributed by atoms with Gasteiger partial charge in [-0.3, -0.25) is 9.59 Å². The van der Waals surface area contributed by atoms with Crippen LogP contribution in [-0.4, -0.2) is 25.4 Å². The SMILES string of the molecule is CNCCCC(=O)NCc1cccc(NC(=O)c2ccc(C)cc2)c1.Cl. The highest BCUT2D eigenvalue weighted by atomic mass is 35.5. The first-order chi connectivity index (χ1) is 12.1. The lowest BCUT2D eigenvalue weighted by Crippen LogP contribution is -2.23. The molecule has 140 valence electrons. The largest absolute Gasteiger partial charge is 0.352 e. The van der Waals surface area contributed by atoms with Crippen molar-refractivity contribution in [3.05, 3.63) is 65.2 Å². The smallest absolute Gasteiger partial charge is 0.255 e. The van der Waals surface area contributed by atoms with Crippen molar-refractivity contribution in [2.24, 2.45) is 0 Å². The Kier molecular flexibility index (Phi) is 9.41. The summed E-state index contributed by atoms with van der Waals surface area (Å²) in [7, 11) is 1.87. The first kappa shape index (κ1) is 21.7. The average molecular weight is 376 g/mol. The summed E-state index contributed by atoms with van der Waals surface area (Å²) in [5.74, 6) is -0.113. The van der Waals surface area contributed by atoms with Gasteiger partial charge < -0.3 is 16.0 Å². The van der Waals surface area contributed by atoms with Crippen LogP contribution in [0.5, 0.6) is 0 Å². The van der Waals surface area contributed by atoms with Crippen molar-refractivity contribution >= 4 is 29.9 Å². The Morgan fingerprint density at radius 1 is 1.04 bits per heavy atom. The number of hydrogen-bond donors (Lipinski definition) is 3. The number of aryl methyl sites for hydroxylation is 1. The van der Waals surface area contributed by atoms with E-state index in [9.17, 15) is 9.59 Å². The lowest BCUT2D eigenvalue weighted by atomic mass is 10.1. The summed E-state index contributed by atoms with van der Waals surface area (Å²) in [4.78, 5) is 24.0. The van der Waals surface area contributed by atoms with Crippen molar-refractivity contribution in [1.82, 2.24) is 10.6 Å². The standard InChI is InChI=1S/C20H25N3O2.ClH/c1-15-8-10-17(11-9-15)20(25)23-18-6-3-5-16(13-18)14-22-19(24)7-4-12-21-2;/h3,5-6,8-11,13,21H,4,7,12,14H2,1-2H3,(H,22,24)(H,23,25);1H. The summed E-state index contributed by atoms with van der Waals surface area (Å²) in [5.41, 5.74) is 3.40. The fourth-order valence-corrected chi connectivity index (χ4v) is 2.38. The minimum absolute atomic E-state index is 0. The number of amides is 2. The molecule has 2 aromatic carbocycles. The first-order valence-corrected chi connectivity index (χ1v) is 8.47. The van der Waals surface area contributed by atoms with Crippen LogP contribution in [0.1, 0.15) is 34.3 Å². The Morgan fingerprint density at radius 2 is 1.77 bits per heavy atom. The van der Waals surface area contributed by atoms with Gasteiger partial charge in [-0.05, 0) is 56.8 Å². The molecule has 0 radical (unpaired) electrons. The number of carbonyl (C=O) groups excluding carboxylic acids is 2. The summed E-state index contributed by atoms with van der Waals surface area (Å²) in [5, 5.41) is 8.80. The monoisotopic (exact) mass is 375 g/mol. The number of nitrogens with one attached hydrogen (secondary N) is 3. The van der Waals surface area contributed by atoms with E-state index >= 15 is 0 Å². The molecule has 0 heterocycles. The molecule has 0 aromatic heterocycles. The van der Waals surface area contributed by atoms with Crippen molar-refractivity contribution in [3.63, 3.8) is 0 Å². The lowest BCUT2D eigenvalue weighted by molar-refractivity contribution is -0.121. The molecule has 2 rings (SSSR count). The summed E-state index contributed by atoms with van der Waals surface area (Å²) in [6.45, 7) is 3.26. The average Bonchev–Trinajstić information content (AvgIpc) is 2.61. The second kappa shape index (κ2) is 11.3. The zero-order valence-corrected chi connectivity index (χ0v) is 16.0. The van der Waals surface area contributed by atoms with E-state index in [0.29, 0.717) is 24.2 Å². The van der Waals surface area contributed by atoms with Gasteiger partial charge in [0.1, 0.15) is 0 Å². The third-order valence-corrected chi connectivity index (χ3v) is 3.82. The highest BCUT2D eigenvalue weighted by molar-refractivity contribution is 6.04. The number of benzene rings is 2. The Balaban J connectivity index is 0.00000338. The second-order valence-corrected chi connectivity index (χ2v) is 6.00.